The molecule has 0 amide bonds. The molecule has 0 rings (SSSR count). The van der Waals surface area contributed by atoms with E-state index >= 15 is 0 Å². The number of hydrogen-bond acceptors (Lipinski definition) is 5. The molecule has 5 heteroatoms. The van der Waals surface area contributed by atoms with E-state index in [2.05, 4.69) is 5.18 Å². The van der Waals surface area contributed by atoms with E-state index in [4.69, 9.17) is 0 Å². The van der Waals surface area contributed by atoms with E-state index in [0.717, 1.165) is 0 Å². The number of nitrogens with zero attached hydrogens (tertiary/aromatic N) is 1. The lowest BCUT2D eigenvalue weighted by Gasteiger charge is -1.94. The molecule has 0 bridgehead atoms. The van der Waals surface area contributed by atoms with Crippen LogP contribution in [-0.4, -0.2) is 30.1 Å². The first-order valence-electron chi connectivity index (χ1n) is 2.48. The standard InChI is InChI=1S/C5H6NO3S/c1-10-3-5(8)4(2-7)6-9/h4H,3H2,1H3/t4-/m0/s1. The molecule has 0 saturated heterocycles. The van der Waals surface area contributed by atoms with Crippen molar-refractivity contribution in [2.24, 2.45) is 5.18 Å². The number of carbonyl (C=O) groups is 1. The van der Waals surface area contributed by atoms with Crippen molar-refractivity contribution in [1.82, 2.24) is 0 Å². The van der Waals surface area contributed by atoms with Crippen molar-refractivity contribution >= 4 is 23.8 Å². The van der Waals surface area contributed by atoms with Gasteiger partial charge in [0, 0.05) is 0 Å². The fourth-order valence-electron chi connectivity index (χ4n) is 0.367. The lowest BCUT2D eigenvalue weighted by molar-refractivity contribution is -0.116. The van der Waals surface area contributed by atoms with E-state index in [0.29, 0.717) is 0 Å². The summed E-state index contributed by atoms with van der Waals surface area (Å²) in [6.45, 7) is 0. The van der Waals surface area contributed by atoms with Gasteiger partial charge in [-0.1, -0.05) is 0 Å². The van der Waals surface area contributed by atoms with Crippen molar-refractivity contribution in [1.29, 1.82) is 0 Å². The van der Waals surface area contributed by atoms with Crippen molar-refractivity contribution in [3.8, 4) is 0 Å². The van der Waals surface area contributed by atoms with Crippen LogP contribution in [0, 0.1) is 4.91 Å². The lowest BCUT2D eigenvalue weighted by Crippen LogP contribution is -2.21. The van der Waals surface area contributed by atoms with E-state index in [9.17, 15) is 14.5 Å². The molecule has 1 radical (unpaired) electrons. The molecule has 0 unspecified atom stereocenters. The largest absolute Gasteiger partial charge is 0.296 e. The minimum atomic E-state index is -1.42. The van der Waals surface area contributed by atoms with Crippen molar-refractivity contribution in [2.45, 2.75) is 6.04 Å². The van der Waals surface area contributed by atoms with Gasteiger partial charge >= 0.3 is 0 Å². The number of carbonyl (C=O) groups excluding carboxylic acids is 2. The minimum absolute atomic E-state index is 0.131. The number of Topliss-reactive ketones (excluding diaryl/α,β-unsaturated/α-hetero) is 1. The summed E-state index contributed by atoms with van der Waals surface area (Å²) in [6, 6.07) is -1.42. The molecular formula is C5H6NO3S. The fraction of sp³-hybridized carbons (Fsp3) is 0.600. The van der Waals surface area contributed by atoms with Crippen molar-refractivity contribution < 1.29 is 9.59 Å². The molecule has 0 aromatic carbocycles. The van der Waals surface area contributed by atoms with Gasteiger partial charge in [0.15, 0.2) is 5.78 Å². The van der Waals surface area contributed by atoms with Gasteiger partial charge in [0.05, 0.1) is 5.75 Å². The van der Waals surface area contributed by atoms with Crippen molar-refractivity contribution in [3.05, 3.63) is 4.91 Å². The highest BCUT2D eigenvalue weighted by atomic mass is 32.2. The maximum absolute atomic E-state index is 10.6. The Bertz CT molecular complexity index is 140. The zero-order valence-corrected chi connectivity index (χ0v) is 6.18. The quantitative estimate of drug-likeness (QED) is 0.424. The molecule has 0 aromatic heterocycles. The number of thioether (sulfide) groups is 1. The van der Waals surface area contributed by atoms with E-state index < -0.39 is 11.8 Å². The third-order valence-electron chi connectivity index (χ3n) is 0.809. The average Bonchev–Trinajstić information content (AvgIpc) is 1.91. The molecular weight excluding hydrogens is 154 g/mol. The molecule has 0 heterocycles. The summed E-state index contributed by atoms with van der Waals surface area (Å²) >= 11 is 1.24. The Morgan fingerprint density at radius 3 is 2.70 bits per heavy atom. The van der Waals surface area contributed by atoms with E-state index in [1.807, 2.05) is 0 Å². The van der Waals surface area contributed by atoms with Gasteiger partial charge in [-0.25, -0.2) is 0 Å². The van der Waals surface area contributed by atoms with Crippen LogP contribution in [0.1, 0.15) is 0 Å². The first-order chi connectivity index (χ1) is 4.76. The van der Waals surface area contributed by atoms with Gasteiger partial charge < -0.3 is 0 Å². The van der Waals surface area contributed by atoms with Crippen LogP contribution in [-0.2, 0) is 9.59 Å². The second-order valence-electron chi connectivity index (χ2n) is 1.53. The van der Waals surface area contributed by atoms with Crippen LogP contribution in [0.4, 0.5) is 0 Å². The first-order valence-corrected chi connectivity index (χ1v) is 3.87. The fourth-order valence-corrected chi connectivity index (χ4v) is 0.810. The summed E-state index contributed by atoms with van der Waals surface area (Å²) in [5.41, 5.74) is 0. The first kappa shape index (κ1) is 9.29. The molecule has 0 spiro atoms. The Hall–Kier alpha value is -0.710. The third kappa shape index (κ3) is 2.72. The molecule has 1 atom stereocenters. The maximum atomic E-state index is 10.6. The SMILES string of the molecule is CSCC(=O)[C@H]([C]=O)N=O. The van der Waals surface area contributed by atoms with Crippen molar-refractivity contribution in [2.75, 3.05) is 12.0 Å². The van der Waals surface area contributed by atoms with Crippen LogP contribution in [0.25, 0.3) is 0 Å². The summed E-state index contributed by atoms with van der Waals surface area (Å²) in [5, 5.41) is 2.29. The van der Waals surface area contributed by atoms with Crippen LogP contribution < -0.4 is 0 Å². The Labute approximate surface area is 62.3 Å². The summed E-state index contributed by atoms with van der Waals surface area (Å²) in [6.07, 6.45) is 2.94. The minimum Gasteiger partial charge on any atom is -0.296 e. The van der Waals surface area contributed by atoms with E-state index in [1.165, 1.54) is 18.0 Å². The predicted octanol–water partition coefficient (Wildman–Crippen LogP) is 0.163. The molecule has 10 heavy (non-hydrogen) atoms. The van der Waals surface area contributed by atoms with Crippen LogP contribution in [0.3, 0.4) is 0 Å². The molecule has 0 aliphatic carbocycles. The normalized spacial score (nSPS) is 12.1. The Balaban J connectivity index is 3.88. The zero-order chi connectivity index (χ0) is 7.98. The van der Waals surface area contributed by atoms with Gasteiger partial charge in [0.25, 0.3) is 0 Å². The molecule has 4 nitrogen and oxygen atoms in total. The molecule has 55 valence electrons. The Kier molecular flexibility index (Phi) is 4.74. The van der Waals surface area contributed by atoms with Gasteiger partial charge in [-0.15, -0.1) is 4.91 Å². The average molecular weight is 160 g/mol. The van der Waals surface area contributed by atoms with E-state index in [-0.39, 0.29) is 5.75 Å². The number of ketones is 1. The lowest BCUT2D eigenvalue weighted by atomic mass is 10.2. The van der Waals surface area contributed by atoms with Gasteiger partial charge in [0.1, 0.15) is 0 Å². The number of rotatable bonds is 5. The molecule has 0 aliphatic heterocycles. The monoisotopic (exact) mass is 160 g/mol. The molecule has 0 saturated carbocycles. The summed E-state index contributed by atoms with van der Waals surface area (Å²) in [4.78, 5) is 30.1. The van der Waals surface area contributed by atoms with Gasteiger partial charge in [-0.3, -0.25) is 9.59 Å². The highest BCUT2D eigenvalue weighted by molar-refractivity contribution is 7.99. The molecule has 0 fully saturated rings. The summed E-state index contributed by atoms with van der Waals surface area (Å²) in [7, 11) is 0. The highest BCUT2D eigenvalue weighted by Gasteiger charge is 2.17. The van der Waals surface area contributed by atoms with Crippen molar-refractivity contribution in [3.63, 3.8) is 0 Å². The van der Waals surface area contributed by atoms with Crippen LogP contribution in [0.5, 0.6) is 0 Å². The van der Waals surface area contributed by atoms with Gasteiger partial charge in [0.2, 0.25) is 12.3 Å². The second-order valence-corrected chi connectivity index (χ2v) is 2.39. The second kappa shape index (κ2) is 5.10. The highest BCUT2D eigenvalue weighted by Crippen LogP contribution is 1.97. The van der Waals surface area contributed by atoms with E-state index in [1.54, 1.807) is 6.26 Å². The van der Waals surface area contributed by atoms with Gasteiger partial charge in [-0.05, 0) is 11.4 Å². The smallest absolute Gasteiger partial charge is 0.237 e. The summed E-state index contributed by atoms with van der Waals surface area (Å²) < 4.78 is 0. The topological polar surface area (TPSA) is 63.6 Å². The van der Waals surface area contributed by atoms with Crippen LogP contribution in [0.15, 0.2) is 5.18 Å². The number of hydrogen-bond donors (Lipinski definition) is 0. The molecule has 0 N–H and O–H groups in total. The Morgan fingerprint density at radius 1 is 1.80 bits per heavy atom. The third-order valence-corrected chi connectivity index (χ3v) is 1.38. The molecule has 0 aliphatic rings. The van der Waals surface area contributed by atoms with Crippen LogP contribution in [0.2, 0.25) is 0 Å². The van der Waals surface area contributed by atoms with Crippen LogP contribution >= 0.6 is 11.8 Å². The predicted molar refractivity (Wildman–Crippen MR) is 38.7 cm³/mol. The summed E-state index contributed by atoms with van der Waals surface area (Å²) in [5.74, 6) is -0.358. The maximum Gasteiger partial charge on any atom is 0.237 e. The van der Waals surface area contributed by atoms with Gasteiger partial charge in [-0.2, -0.15) is 11.8 Å². The Morgan fingerprint density at radius 2 is 2.40 bits per heavy atom. The number of nitroso groups, excluding NO2 is 1. The molecule has 0 aromatic rings. The zero-order valence-electron chi connectivity index (χ0n) is 5.36.